The monoisotopic (exact) mass is 331 g/mol. The van der Waals surface area contributed by atoms with E-state index in [4.69, 9.17) is 9.47 Å². The van der Waals surface area contributed by atoms with Crippen LogP contribution in [0.5, 0.6) is 11.5 Å². The molecule has 1 saturated heterocycles. The van der Waals surface area contributed by atoms with Gasteiger partial charge in [-0.2, -0.15) is 10.1 Å². The van der Waals surface area contributed by atoms with E-state index in [9.17, 15) is 9.59 Å². The van der Waals surface area contributed by atoms with E-state index < -0.39 is 5.92 Å². The van der Waals surface area contributed by atoms with Crippen LogP contribution in [-0.2, 0) is 9.59 Å². The van der Waals surface area contributed by atoms with Gasteiger partial charge in [0.25, 0.3) is 0 Å². The van der Waals surface area contributed by atoms with Crippen molar-refractivity contribution >= 4 is 23.5 Å². The molecule has 126 valence electrons. The lowest BCUT2D eigenvalue weighted by atomic mass is 10.1. The summed E-state index contributed by atoms with van der Waals surface area (Å²) in [5, 5.41) is 8.82. The Kier molecular flexibility index (Phi) is 4.32. The zero-order valence-electron chi connectivity index (χ0n) is 13.3. The molecule has 0 spiro atoms. The summed E-state index contributed by atoms with van der Waals surface area (Å²) < 4.78 is 10.4. The molecule has 1 aliphatic rings. The molecule has 2 heterocycles. The molecule has 0 bridgehead atoms. The number of nitrogens with zero attached hydrogens (tertiary/aromatic N) is 3. The molecule has 9 heteroatoms. The van der Waals surface area contributed by atoms with Crippen LogP contribution in [0.1, 0.15) is 6.42 Å². The Labute approximate surface area is 138 Å². The van der Waals surface area contributed by atoms with E-state index in [0.29, 0.717) is 17.2 Å². The van der Waals surface area contributed by atoms with Gasteiger partial charge < -0.3 is 14.4 Å². The molecule has 1 atom stereocenters. The lowest BCUT2D eigenvalue weighted by Crippen LogP contribution is -2.28. The number of H-pyrrole nitrogens is 1. The molecule has 0 radical (unpaired) electrons. The summed E-state index contributed by atoms with van der Waals surface area (Å²) in [6, 6.07) is 5.20. The topological polar surface area (TPSA) is 109 Å². The lowest BCUT2D eigenvalue weighted by Gasteiger charge is -2.18. The molecule has 1 aromatic carbocycles. The molecule has 2 amide bonds. The highest BCUT2D eigenvalue weighted by Crippen LogP contribution is 2.34. The number of carbonyl (C=O) groups excluding carboxylic acids is 2. The summed E-state index contributed by atoms with van der Waals surface area (Å²) in [6.07, 6.45) is 1.43. The van der Waals surface area contributed by atoms with Crippen molar-refractivity contribution in [2.45, 2.75) is 6.42 Å². The van der Waals surface area contributed by atoms with Gasteiger partial charge in [-0.1, -0.05) is 0 Å². The summed E-state index contributed by atoms with van der Waals surface area (Å²) in [7, 11) is 3.07. The molecule has 2 aromatic rings. The number of aromatic amines is 1. The van der Waals surface area contributed by atoms with Crippen molar-refractivity contribution in [3.8, 4) is 11.5 Å². The van der Waals surface area contributed by atoms with Crippen LogP contribution in [0.2, 0.25) is 0 Å². The number of hydrogen-bond donors (Lipinski definition) is 2. The number of methoxy groups -OCH3 is 2. The first kappa shape index (κ1) is 15.8. The van der Waals surface area contributed by atoms with Crippen molar-refractivity contribution in [2.24, 2.45) is 5.92 Å². The molecule has 0 aliphatic carbocycles. The van der Waals surface area contributed by atoms with Gasteiger partial charge >= 0.3 is 0 Å². The maximum Gasteiger partial charge on any atom is 0.232 e. The van der Waals surface area contributed by atoms with E-state index in [2.05, 4.69) is 20.5 Å². The number of anilines is 2. The molecular weight excluding hydrogens is 314 g/mol. The third-order valence-electron chi connectivity index (χ3n) is 3.83. The Morgan fingerprint density at radius 1 is 1.33 bits per heavy atom. The molecule has 1 aliphatic heterocycles. The SMILES string of the molecule is COc1ccc(N2C[C@H](C(=O)Nc3ncn[nH]3)CC2=O)cc1OC. The third kappa shape index (κ3) is 3.00. The summed E-state index contributed by atoms with van der Waals surface area (Å²) in [5.74, 6) is 0.501. The van der Waals surface area contributed by atoms with Crippen molar-refractivity contribution in [2.75, 3.05) is 31.0 Å². The zero-order chi connectivity index (χ0) is 17.1. The van der Waals surface area contributed by atoms with Crippen molar-refractivity contribution in [1.82, 2.24) is 15.2 Å². The zero-order valence-corrected chi connectivity index (χ0v) is 13.3. The van der Waals surface area contributed by atoms with Crippen molar-refractivity contribution in [3.63, 3.8) is 0 Å². The van der Waals surface area contributed by atoms with E-state index >= 15 is 0 Å². The fraction of sp³-hybridized carbons (Fsp3) is 0.333. The second kappa shape index (κ2) is 6.57. The molecule has 2 N–H and O–H groups in total. The Morgan fingerprint density at radius 2 is 2.12 bits per heavy atom. The van der Waals surface area contributed by atoms with E-state index in [0.717, 1.165) is 0 Å². The van der Waals surface area contributed by atoms with Crippen molar-refractivity contribution in [1.29, 1.82) is 0 Å². The minimum atomic E-state index is -0.462. The minimum Gasteiger partial charge on any atom is -0.493 e. The Morgan fingerprint density at radius 3 is 2.79 bits per heavy atom. The summed E-state index contributed by atoms with van der Waals surface area (Å²) in [5.41, 5.74) is 0.660. The second-order valence-corrected chi connectivity index (χ2v) is 5.27. The minimum absolute atomic E-state index is 0.125. The molecule has 0 saturated carbocycles. The Hall–Kier alpha value is -3.10. The first-order chi connectivity index (χ1) is 11.6. The first-order valence-electron chi connectivity index (χ1n) is 7.31. The number of ether oxygens (including phenoxy) is 2. The maximum atomic E-state index is 12.3. The predicted molar refractivity (Wildman–Crippen MR) is 85.0 cm³/mol. The predicted octanol–water partition coefficient (Wildman–Crippen LogP) is 0.813. The van der Waals surface area contributed by atoms with Crippen LogP contribution >= 0.6 is 0 Å². The summed E-state index contributed by atoms with van der Waals surface area (Å²) in [4.78, 5) is 29.9. The molecular formula is C15H17N5O4. The van der Waals surface area contributed by atoms with Crippen LogP contribution in [0.4, 0.5) is 11.6 Å². The number of aromatic nitrogens is 3. The van der Waals surface area contributed by atoms with Crippen molar-refractivity contribution < 1.29 is 19.1 Å². The molecule has 0 unspecified atom stereocenters. The highest BCUT2D eigenvalue weighted by atomic mass is 16.5. The smallest absolute Gasteiger partial charge is 0.232 e. The highest BCUT2D eigenvalue weighted by molar-refractivity contribution is 6.03. The standard InChI is InChI=1S/C15H17N5O4/c1-23-11-4-3-10(6-12(11)24-2)20-7-9(5-13(20)21)14(22)18-15-16-8-17-19-15/h3-4,6,8-9H,5,7H2,1-2H3,(H2,16,17,18,19,22)/t9-/m1/s1. The van der Waals surface area contributed by atoms with Gasteiger partial charge in [0.2, 0.25) is 17.8 Å². The van der Waals surface area contributed by atoms with E-state index in [-0.39, 0.29) is 30.7 Å². The number of nitrogens with one attached hydrogen (secondary N) is 2. The van der Waals surface area contributed by atoms with Crippen LogP contribution < -0.4 is 19.7 Å². The fourth-order valence-electron chi connectivity index (χ4n) is 2.61. The van der Waals surface area contributed by atoms with E-state index in [1.807, 2.05) is 0 Å². The highest BCUT2D eigenvalue weighted by Gasteiger charge is 2.35. The van der Waals surface area contributed by atoms with Crippen LogP contribution in [-0.4, -0.2) is 47.8 Å². The molecule has 3 rings (SSSR count). The number of amides is 2. The average molecular weight is 331 g/mol. The third-order valence-corrected chi connectivity index (χ3v) is 3.83. The van der Waals surface area contributed by atoms with Crippen LogP contribution in [0.15, 0.2) is 24.5 Å². The average Bonchev–Trinajstić information content (AvgIpc) is 3.23. The molecule has 9 nitrogen and oxygen atoms in total. The number of hydrogen-bond acceptors (Lipinski definition) is 6. The Balaban J connectivity index is 1.74. The largest absolute Gasteiger partial charge is 0.493 e. The van der Waals surface area contributed by atoms with Crippen LogP contribution in [0.25, 0.3) is 0 Å². The molecule has 1 aromatic heterocycles. The van der Waals surface area contributed by atoms with Gasteiger partial charge in [0.15, 0.2) is 11.5 Å². The van der Waals surface area contributed by atoms with Gasteiger partial charge in [0, 0.05) is 24.7 Å². The number of rotatable bonds is 5. The van der Waals surface area contributed by atoms with Crippen LogP contribution in [0.3, 0.4) is 0 Å². The van der Waals surface area contributed by atoms with Gasteiger partial charge in [-0.15, -0.1) is 0 Å². The summed E-state index contributed by atoms with van der Waals surface area (Å²) >= 11 is 0. The van der Waals surface area contributed by atoms with Crippen molar-refractivity contribution in [3.05, 3.63) is 24.5 Å². The Bertz CT molecular complexity index is 746. The van der Waals surface area contributed by atoms with Crippen LogP contribution in [0, 0.1) is 5.92 Å². The lowest BCUT2D eigenvalue weighted by molar-refractivity contribution is -0.122. The normalized spacial score (nSPS) is 17.0. The quantitative estimate of drug-likeness (QED) is 0.839. The van der Waals surface area contributed by atoms with E-state index in [1.165, 1.54) is 13.4 Å². The second-order valence-electron chi connectivity index (χ2n) is 5.27. The van der Waals surface area contributed by atoms with Gasteiger partial charge in [-0.25, -0.2) is 5.10 Å². The van der Waals surface area contributed by atoms with Gasteiger partial charge in [0.05, 0.1) is 20.1 Å². The van der Waals surface area contributed by atoms with Gasteiger partial charge in [-0.3, -0.25) is 14.9 Å². The van der Waals surface area contributed by atoms with E-state index in [1.54, 1.807) is 30.2 Å². The summed E-state index contributed by atoms with van der Waals surface area (Å²) in [6.45, 7) is 0.286. The maximum absolute atomic E-state index is 12.3. The van der Waals surface area contributed by atoms with Gasteiger partial charge in [-0.05, 0) is 12.1 Å². The number of benzene rings is 1. The first-order valence-corrected chi connectivity index (χ1v) is 7.31. The fourth-order valence-corrected chi connectivity index (χ4v) is 2.61. The molecule has 24 heavy (non-hydrogen) atoms. The number of carbonyl (C=O) groups is 2. The van der Waals surface area contributed by atoms with Gasteiger partial charge in [0.1, 0.15) is 6.33 Å². The molecule has 1 fully saturated rings.